The lowest BCUT2D eigenvalue weighted by atomic mass is 9.79. The second kappa shape index (κ2) is 6.24. The summed E-state index contributed by atoms with van der Waals surface area (Å²) in [6.45, 7) is 0.679. The number of halogens is 1. The lowest BCUT2D eigenvalue weighted by molar-refractivity contribution is -0.118. The van der Waals surface area contributed by atoms with E-state index in [9.17, 15) is 14.3 Å². The molecule has 1 atom stereocenters. The van der Waals surface area contributed by atoms with Crippen LogP contribution in [0.5, 0.6) is 0 Å². The Hall–Kier alpha value is -3.05. The van der Waals surface area contributed by atoms with Gasteiger partial charge in [0.25, 0.3) is 0 Å². The van der Waals surface area contributed by atoms with Gasteiger partial charge >= 0.3 is 0 Å². The fourth-order valence-electron chi connectivity index (χ4n) is 4.47. The number of carbonyl (C=O) groups excluding carboxylic acids is 1. The van der Waals surface area contributed by atoms with E-state index in [-0.39, 0.29) is 5.91 Å². The van der Waals surface area contributed by atoms with Crippen LogP contribution in [0, 0.1) is 5.82 Å². The molecule has 1 unspecified atom stereocenters. The molecular formula is C23H19FN2O2. The van der Waals surface area contributed by atoms with Crippen molar-refractivity contribution >= 4 is 11.6 Å². The van der Waals surface area contributed by atoms with Gasteiger partial charge in [-0.1, -0.05) is 24.3 Å². The summed E-state index contributed by atoms with van der Waals surface area (Å²) in [7, 11) is 0. The summed E-state index contributed by atoms with van der Waals surface area (Å²) >= 11 is 0. The molecular weight excluding hydrogens is 355 g/mol. The predicted molar refractivity (Wildman–Crippen MR) is 104 cm³/mol. The highest BCUT2D eigenvalue weighted by Crippen LogP contribution is 2.43. The molecule has 5 heteroatoms. The van der Waals surface area contributed by atoms with Crippen LogP contribution >= 0.6 is 0 Å². The first-order valence-electron chi connectivity index (χ1n) is 9.43. The summed E-state index contributed by atoms with van der Waals surface area (Å²) in [6, 6.07) is 13.5. The van der Waals surface area contributed by atoms with E-state index in [1.165, 1.54) is 12.1 Å². The first-order chi connectivity index (χ1) is 13.6. The van der Waals surface area contributed by atoms with Gasteiger partial charge in [0, 0.05) is 25.4 Å². The van der Waals surface area contributed by atoms with Crippen LogP contribution in [-0.4, -0.2) is 22.5 Å². The summed E-state index contributed by atoms with van der Waals surface area (Å²) in [5.74, 6) is -0.238. The second-order valence-electron chi connectivity index (χ2n) is 7.40. The van der Waals surface area contributed by atoms with Crippen LogP contribution in [-0.2, 0) is 23.2 Å². The van der Waals surface area contributed by atoms with Gasteiger partial charge in [-0.25, -0.2) is 4.39 Å². The quantitative estimate of drug-likeness (QED) is 0.765. The Labute approximate surface area is 162 Å². The maximum atomic E-state index is 14.0. The number of hydrogen-bond donors (Lipinski definition) is 1. The number of amides is 1. The molecule has 0 fully saturated rings. The summed E-state index contributed by atoms with van der Waals surface area (Å²) in [5.41, 5.74) is 3.39. The van der Waals surface area contributed by atoms with Crippen molar-refractivity contribution in [3.05, 3.63) is 94.6 Å². The molecule has 0 aliphatic carbocycles. The average Bonchev–Trinajstić information content (AvgIpc) is 3.16. The van der Waals surface area contributed by atoms with Crippen molar-refractivity contribution in [3.8, 4) is 0 Å². The highest BCUT2D eigenvalue weighted by Gasteiger charge is 2.38. The number of aliphatic hydroxyl groups is 1. The fraction of sp³-hybridized carbons (Fsp3) is 0.217. The van der Waals surface area contributed by atoms with E-state index < -0.39 is 11.4 Å². The van der Waals surface area contributed by atoms with Gasteiger partial charge < -0.3 is 10.0 Å². The van der Waals surface area contributed by atoms with Crippen LogP contribution in [0.15, 0.2) is 60.9 Å². The predicted octanol–water partition coefficient (Wildman–Crippen LogP) is 3.34. The fourth-order valence-corrected chi connectivity index (χ4v) is 4.47. The molecule has 2 aliphatic heterocycles. The van der Waals surface area contributed by atoms with E-state index in [1.807, 2.05) is 17.0 Å². The van der Waals surface area contributed by atoms with E-state index in [1.54, 1.807) is 36.7 Å². The van der Waals surface area contributed by atoms with Gasteiger partial charge in [-0.05, 0) is 64.9 Å². The molecule has 140 valence electrons. The Morgan fingerprint density at radius 1 is 0.929 bits per heavy atom. The number of nitrogens with zero attached hydrogens (tertiary/aromatic N) is 2. The van der Waals surface area contributed by atoms with Gasteiger partial charge in [-0.3, -0.25) is 9.78 Å². The molecule has 28 heavy (non-hydrogen) atoms. The minimum absolute atomic E-state index is 0.161. The molecule has 1 N–H and O–H groups in total. The second-order valence-corrected chi connectivity index (χ2v) is 7.40. The molecule has 3 heterocycles. The highest BCUT2D eigenvalue weighted by molar-refractivity contribution is 5.98. The smallest absolute Gasteiger partial charge is 0.227 e. The molecule has 3 aromatic rings. The van der Waals surface area contributed by atoms with Crippen molar-refractivity contribution in [1.82, 2.24) is 4.98 Å². The SMILES string of the molecule is O=C1CCc2cc(C(O)(c3ccncc3)c3cccc(F)c3)cc3c2N1CC3. The Kier molecular flexibility index (Phi) is 3.81. The van der Waals surface area contributed by atoms with Crippen LogP contribution in [0.1, 0.15) is 34.2 Å². The maximum Gasteiger partial charge on any atom is 0.227 e. The zero-order valence-electron chi connectivity index (χ0n) is 15.2. The van der Waals surface area contributed by atoms with Crippen LogP contribution < -0.4 is 4.90 Å². The molecule has 0 bridgehead atoms. The maximum absolute atomic E-state index is 14.0. The lowest BCUT2D eigenvalue weighted by Crippen LogP contribution is -2.33. The Morgan fingerprint density at radius 3 is 2.43 bits per heavy atom. The van der Waals surface area contributed by atoms with Gasteiger partial charge in [0.2, 0.25) is 5.91 Å². The van der Waals surface area contributed by atoms with Gasteiger partial charge in [-0.2, -0.15) is 0 Å². The molecule has 1 aromatic heterocycles. The number of benzene rings is 2. The zero-order chi connectivity index (χ0) is 19.3. The molecule has 0 radical (unpaired) electrons. The minimum atomic E-state index is -1.51. The summed E-state index contributed by atoms with van der Waals surface area (Å²) < 4.78 is 14.0. The van der Waals surface area contributed by atoms with Crippen LogP contribution in [0.3, 0.4) is 0 Å². The van der Waals surface area contributed by atoms with Crippen LogP contribution in [0.25, 0.3) is 0 Å². The molecule has 4 nitrogen and oxygen atoms in total. The first kappa shape index (κ1) is 17.1. The summed E-state index contributed by atoms with van der Waals surface area (Å²) in [5, 5.41) is 12.0. The van der Waals surface area contributed by atoms with Gasteiger partial charge in [0.15, 0.2) is 0 Å². The van der Waals surface area contributed by atoms with E-state index >= 15 is 0 Å². The number of hydrogen-bond acceptors (Lipinski definition) is 3. The normalized spacial score (nSPS) is 17.4. The standard InChI is InChI=1S/C23H19FN2O2/c24-20-3-1-2-18(14-20)23(28,17-6-9-25-10-7-17)19-12-15-4-5-21(27)26-11-8-16(13-19)22(15)26/h1-3,6-7,9-10,12-14,28H,4-5,8,11H2. The van der Waals surface area contributed by atoms with Crippen molar-refractivity contribution in [1.29, 1.82) is 0 Å². The lowest BCUT2D eigenvalue weighted by Gasteiger charge is -2.32. The van der Waals surface area contributed by atoms with Crippen molar-refractivity contribution in [2.75, 3.05) is 11.4 Å². The number of pyridine rings is 1. The van der Waals surface area contributed by atoms with E-state index in [0.717, 1.165) is 23.2 Å². The third-order valence-electron chi connectivity index (χ3n) is 5.81. The third-order valence-corrected chi connectivity index (χ3v) is 5.81. The average molecular weight is 374 g/mol. The van der Waals surface area contributed by atoms with E-state index in [4.69, 9.17) is 0 Å². The molecule has 0 saturated carbocycles. The first-order valence-corrected chi connectivity index (χ1v) is 9.43. The molecule has 2 aromatic carbocycles. The summed E-state index contributed by atoms with van der Waals surface area (Å²) in [6.07, 6.45) is 5.14. The summed E-state index contributed by atoms with van der Waals surface area (Å²) in [4.78, 5) is 18.1. The van der Waals surface area contributed by atoms with Crippen molar-refractivity contribution < 1.29 is 14.3 Å². The Morgan fingerprint density at radius 2 is 1.68 bits per heavy atom. The Bertz CT molecular complexity index is 1080. The van der Waals surface area contributed by atoms with Gasteiger partial charge in [0.05, 0.1) is 5.69 Å². The van der Waals surface area contributed by atoms with Crippen LogP contribution in [0.2, 0.25) is 0 Å². The van der Waals surface area contributed by atoms with Crippen molar-refractivity contribution in [2.24, 2.45) is 0 Å². The molecule has 0 spiro atoms. The largest absolute Gasteiger partial charge is 0.376 e. The molecule has 5 rings (SSSR count). The minimum Gasteiger partial charge on any atom is -0.376 e. The molecule has 0 saturated heterocycles. The van der Waals surface area contributed by atoms with E-state index in [0.29, 0.717) is 36.1 Å². The number of carbonyl (C=O) groups is 1. The van der Waals surface area contributed by atoms with Gasteiger partial charge in [-0.15, -0.1) is 0 Å². The third kappa shape index (κ3) is 2.47. The van der Waals surface area contributed by atoms with E-state index in [2.05, 4.69) is 4.98 Å². The number of anilines is 1. The monoisotopic (exact) mass is 374 g/mol. The molecule has 1 amide bonds. The van der Waals surface area contributed by atoms with Crippen molar-refractivity contribution in [2.45, 2.75) is 24.9 Å². The zero-order valence-corrected chi connectivity index (χ0v) is 15.2. The van der Waals surface area contributed by atoms with Crippen molar-refractivity contribution in [3.63, 3.8) is 0 Å². The topological polar surface area (TPSA) is 53.4 Å². The molecule has 2 aliphatic rings. The van der Waals surface area contributed by atoms with Crippen LogP contribution in [0.4, 0.5) is 10.1 Å². The number of aryl methyl sites for hydroxylation is 1. The Balaban J connectivity index is 1.75. The van der Waals surface area contributed by atoms with Gasteiger partial charge in [0.1, 0.15) is 11.4 Å². The highest BCUT2D eigenvalue weighted by atomic mass is 19.1. The number of rotatable bonds is 3. The number of aromatic nitrogens is 1.